The third kappa shape index (κ3) is 4.16. The number of nitrogens with zero attached hydrogens (tertiary/aromatic N) is 2. The number of aromatic nitrogens is 1. The zero-order valence-electron chi connectivity index (χ0n) is 12.4. The normalized spacial score (nSPS) is 22.0. The number of pyridine rings is 1. The second-order valence-corrected chi connectivity index (χ2v) is 5.85. The largest absolute Gasteiger partial charge is 0.472 e. The van der Waals surface area contributed by atoms with Crippen LogP contribution in [0.5, 0.6) is 0 Å². The Balaban J connectivity index is 1.44. The van der Waals surface area contributed by atoms with Gasteiger partial charge >= 0.3 is 0 Å². The number of hydrogen-bond acceptors (Lipinski definition) is 4. The topological polar surface area (TPSA) is 38.5 Å². The fraction of sp³-hybridized carbons (Fsp3) is 0.471. The molecule has 21 heavy (non-hydrogen) atoms. The quantitative estimate of drug-likeness (QED) is 0.818. The Morgan fingerprint density at radius 3 is 2.71 bits per heavy atom. The van der Waals surface area contributed by atoms with E-state index in [1.54, 1.807) is 12.5 Å². The van der Waals surface area contributed by atoms with Gasteiger partial charge in [-0.3, -0.25) is 9.88 Å². The van der Waals surface area contributed by atoms with Gasteiger partial charge in [-0.05, 0) is 50.1 Å². The molecule has 4 nitrogen and oxygen atoms in total. The Hall–Kier alpha value is -1.65. The Morgan fingerprint density at radius 1 is 1.14 bits per heavy atom. The fourth-order valence-corrected chi connectivity index (χ4v) is 2.95. The highest BCUT2D eigenvalue weighted by molar-refractivity contribution is 5.11. The maximum absolute atomic E-state index is 6.17. The number of hydrogen-bond donors (Lipinski definition) is 0. The van der Waals surface area contributed by atoms with E-state index in [2.05, 4.69) is 29.1 Å². The molecule has 0 N–H and O–H groups in total. The lowest BCUT2D eigenvalue weighted by atomic mass is 10.1. The molecule has 1 aliphatic rings. The van der Waals surface area contributed by atoms with Gasteiger partial charge in [0.15, 0.2) is 0 Å². The van der Waals surface area contributed by atoms with Crippen LogP contribution in [-0.4, -0.2) is 35.7 Å². The summed E-state index contributed by atoms with van der Waals surface area (Å²) >= 11 is 0. The molecule has 0 radical (unpaired) electrons. The van der Waals surface area contributed by atoms with E-state index in [1.165, 1.54) is 11.1 Å². The third-order valence-corrected chi connectivity index (χ3v) is 3.96. The van der Waals surface area contributed by atoms with Crippen LogP contribution in [0.15, 0.2) is 47.5 Å². The Morgan fingerprint density at radius 2 is 1.95 bits per heavy atom. The van der Waals surface area contributed by atoms with Crippen LogP contribution in [0.4, 0.5) is 0 Å². The minimum atomic E-state index is 0.341. The van der Waals surface area contributed by atoms with Crippen molar-refractivity contribution < 1.29 is 9.15 Å². The number of likely N-dealkylation sites (N-methyl/N-ethyl adjacent to an activating group) is 1. The van der Waals surface area contributed by atoms with Crippen LogP contribution in [0.1, 0.15) is 24.0 Å². The third-order valence-electron chi connectivity index (χ3n) is 3.96. The van der Waals surface area contributed by atoms with Gasteiger partial charge in [0, 0.05) is 31.0 Å². The van der Waals surface area contributed by atoms with Crippen molar-refractivity contribution in [2.75, 3.05) is 13.6 Å². The summed E-state index contributed by atoms with van der Waals surface area (Å²) in [6, 6.07) is 6.15. The molecule has 2 atom stereocenters. The lowest BCUT2D eigenvalue weighted by Gasteiger charge is -2.21. The SMILES string of the molecule is CN(Cc1ccoc1)C[C@H]1CC[C@@H](Cc2ccncc2)O1. The average molecular weight is 286 g/mol. The summed E-state index contributed by atoms with van der Waals surface area (Å²) in [5.41, 5.74) is 2.52. The Bertz CT molecular complexity index is 527. The molecule has 0 unspecified atom stereocenters. The molecular weight excluding hydrogens is 264 g/mol. The van der Waals surface area contributed by atoms with Gasteiger partial charge in [-0.15, -0.1) is 0 Å². The molecule has 0 bridgehead atoms. The zero-order chi connectivity index (χ0) is 14.5. The van der Waals surface area contributed by atoms with Crippen LogP contribution in [0.2, 0.25) is 0 Å². The molecule has 112 valence electrons. The molecule has 2 aromatic heterocycles. The first-order valence-electron chi connectivity index (χ1n) is 7.53. The molecule has 0 aromatic carbocycles. The summed E-state index contributed by atoms with van der Waals surface area (Å²) in [5.74, 6) is 0. The van der Waals surface area contributed by atoms with Gasteiger partial charge in [0.05, 0.1) is 24.7 Å². The van der Waals surface area contributed by atoms with Crippen molar-refractivity contribution in [1.82, 2.24) is 9.88 Å². The molecule has 0 saturated carbocycles. The van der Waals surface area contributed by atoms with E-state index in [1.807, 2.05) is 18.5 Å². The van der Waals surface area contributed by atoms with E-state index < -0.39 is 0 Å². The first-order valence-corrected chi connectivity index (χ1v) is 7.53. The summed E-state index contributed by atoms with van der Waals surface area (Å²) in [6.45, 7) is 1.88. The number of furan rings is 1. The molecule has 3 rings (SSSR count). The summed E-state index contributed by atoms with van der Waals surface area (Å²) in [6.07, 6.45) is 11.2. The van der Waals surface area contributed by atoms with Gasteiger partial charge in [0.2, 0.25) is 0 Å². The molecule has 2 aromatic rings. The summed E-state index contributed by atoms with van der Waals surface area (Å²) in [4.78, 5) is 6.35. The monoisotopic (exact) mass is 286 g/mol. The summed E-state index contributed by atoms with van der Waals surface area (Å²) < 4.78 is 11.3. The molecular formula is C17H22N2O2. The first kappa shape index (κ1) is 14.3. The highest BCUT2D eigenvalue weighted by Crippen LogP contribution is 2.23. The lowest BCUT2D eigenvalue weighted by molar-refractivity contribution is 0.0267. The van der Waals surface area contributed by atoms with Crippen LogP contribution in [0.25, 0.3) is 0 Å². The number of rotatable bonds is 6. The van der Waals surface area contributed by atoms with Crippen LogP contribution in [0, 0.1) is 0 Å². The lowest BCUT2D eigenvalue weighted by Crippen LogP contribution is -2.29. The maximum atomic E-state index is 6.17. The molecule has 1 saturated heterocycles. The van der Waals surface area contributed by atoms with Crippen LogP contribution >= 0.6 is 0 Å². The van der Waals surface area contributed by atoms with Crippen molar-refractivity contribution in [2.45, 2.75) is 38.0 Å². The number of ether oxygens (including phenoxy) is 1. The molecule has 3 heterocycles. The van der Waals surface area contributed by atoms with Gasteiger partial charge in [0.25, 0.3) is 0 Å². The highest BCUT2D eigenvalue weighted by atomic mass is 16.5. The van der Waals surface area contributed by atoms with Crippen molar-refractivity contribution in [3.63, 3.8) is 0 Å². The molecule has 1 fully saturated rings. The Labute approximate surface area is 125 Å². The van der Waals surface area contributed by atoms with Gasteiger partial charge in [-0.1, -0.05) is 0 Å². The molecule has 0 aliphatic carbocycles. The average Bonchev–Trinajstić information content (AvgIpc) is 3.12. The van der Waals surface area contributed by atoms with Crippen molar-refractivity contribution in [1.29, 1.82) is 0 Å². The highest BCUT2D eigenvalue weighted by Gasteiger charge is 2.26. The maximum Gasteiger partial charge on any atom is 0.0947 e. The van der Waals surface area contributed by atoms with Crippen molar-refractivity contribution >= 4 is 0 Å². The predicted octanol–water partition coefficient (Wildman–Crippen LogP) is 2.90. The molecule has 0 amide bonds. The molecule has 1 aliphatic heterocycles. The van der Waals surface area contributed by atoms with Crippen molar-refractivity contribution in [3.05, 3.63) is 54.2 Å². The minimum absolute atomic E-state index is 0.341. The van der Waals surface area contributed by atoms with E-state index in [0.717, 1.165) is 32.4 Å². The van der Waals surface area contributed by atoms with E-state index in [-0.39, 0.29) is 0 Å². The van der Waals surface area contributed by atoms with Gasteiger partial charge in [0.1, 0.15) is 0 Å². The van der Waals surface area contributed by atoms with E-state index >= 15 is 0 Å². The van der Waals surface area contributed by atoms with Crippen molar-refractivity contribution in [3.8, 4) is 0 Å². The fourth-order valence-electron chi connectivity index (χ4n) is 2.95. The summed E-state index contributed by atoms with van der Waals surface area (Å²) in [5, 5.41) is 0. The Kier molecular flexibility index (Phi) is 4.68. The van der Waals surface area contributed by atoms with Gasteiger partial charge < -0.3 is 9.15 Å². The molecule has 0 spiro atoms. The molecule has 4 heteroatoms. The van der Waals surface area contributed by atoms with Gasteiger partial charge in [-0.25, -0.2) is 0 Å². The van der Waals surface area contributed by atoms with E-state index in [0.29, 0.717) is 12.2 Å². The smallest absolute Gasteiger partial charge is 0.0947 e. The zero-order valence-corrected chi connectivity index (χ0v) is 12.4. The second-order valence-electron chi connectivity index (χ2n) is 5.85. The summed E-state index contributed by atoms with van der Waals surface area (Å²) in [7, 11) is 2.13. The van der Waals surface area contributed by atoms with Crippen LogP contribution < -0.4 is 0 Å². The first-order chi connectivity index (χ1) is 10.3. The minimum Gasteiger partial charge on any atom is -0.472 e. The van der Waals surface area contributed by atoms with Crippen LogP contribution in [0.3, 0.4) is 0 Å². The second kappa shape index (κ2) is 6.87. The van der Waals surface area contributed by atoms with E-state index in [4.69, 9.17) is 9.15 Å². The van der Waals surface area contributed by atoms with Gasteiger partial charge in [-0.2, -0.15) is 0 Å². The van der Waals surface area contributed by atoms with E-state index in [9.17, 15) is 0 Å². The van der Waals surface area contributed by atoms with Crippen LogP contribution in [-0.2, 0) is 17.7 Å². The standard InChI is InChI=1S/C17H22N2O2/c1-19(11-15-6-9-20-13-15)12-17-3-2-16(21-17)10-14-4-7-18-8-5-14/h4-9,13,16-17H,2-3,10-12H2,1H3/t16-,17+/m0/s1. The van der Waals surface area contributed by atoms with Crippen molar-refractivity contribution in [2.24, 2.45) is 0 Å². The predicted molar refractivity (Wildman–Crippen MR) is 80.9 cm³/mol.